The van der Waals surface area contributed by atoms with Crippen LogP contribution in [0.4, 0.5) is 34.4 Å². The van der Waals surface area contributed by atoms with Gasteiger partial charge in [0.25, 0.3) is 11.8 Å². The molecule has 67 heavy (non-hydrogen) atoms. The van der Waals surface area contributed by atoms with E-state index in [-0.39, 0.29) is 35.8 Å². The Bertz CT molecular complexity index is 2720. The van der Waals surface area contributed by atoms with Gasteiger partial charge in [-0.1, -0.05) is 32.0 Å². The average Bonchev–Trinajstić information content (AvgIpc) is 3.80. The molecule has 352 valence electrons. The lowest BCUT2D eigenvalue weighted by molar-refractivity contribution is -0.111. The second-order valence-corrected chi connectivity index (χ2v) is 20.0. The third-order valence-electron chi connectivity index (χ3n) is 13.9. The smallest absolute Gasteiger partial charge is 0.276 e. The van der Waals surface area contributed by atoms with Gasteiger partial charge >= 0.3 is 0 Å². The molecule has 15 nitrogen and oxygen atoms in total. The Labute approximate surface area is 397 Å². The number of aliphatic hydroxyl groups is 2. The molecule has 9 rings (SSSR count). The van der Waals surface area contributed by atoms with Crippen LogP contribution < -0.4 is 30.1 Å². The predicted octanol–water partition coefficient (Wildman–Crippen LogP) is 7.55. The summed E-state index contributed by atoms with van der Waals surface area (Å²) < 4.78 is 7.82. The summed E-state index contributed by atoms with van der Waals surface area (Å²) in [5.74, 6) is 0.483. The molecule has 2 fully saturated rings. The van der Waals surface area contributed by atoms with Gasteiger partial charge in [0.05, 0.1) is 42.6 Å². The summed E-state index contributed by atoms with van der Waals surface area (Å²) in [6.45, 7) is 19.0. The van der Waals surface area contributed by atoms with Gasteiger partial charge in [0.15, 0.2) is 5.82 Å². The molecule has 2 aromatic carbocycles. The van der Waals surface area contributed by atoms with Crippen LogP contribution in [0.5, 0.6) is 5.88 Å². The zero-order valence-corrected chi connectivity index (χ0v) is 40.0. The van der Waals surface area contributed by atoms with Gasteiger partial charge in [-0.3, -0.25) is 19.4 Å². The van der Waals surface area contributed by atoms with E-state index >= 15 is 0 Å². The number of pyridine rings is 1. The van der Waals surface area contributed by atoms with Crippen molar-refractivity contribution in [1.82, 2.24) is 24.4 Å². The predicted molar refractivity (Wildman–Crippen MR) is 264 cm³/mol. The van der Waals surface area contributed by atoms with Gasteiger partial charge < -0.3 is 40.0 Å². The first-order chi connectivity index (χ1) is 32.0. The maximum Gasteiger partial charge on any atom is 0.276 e. The minimum Gasteiger partial charge on any atom is -0.478 e. The number of piperazine rings is 1. The van der Waals surface area contributed by atoms with Gasteiger partial charge in [0.2, 0.25) is 5.91 Å². The largest absolute Gasteiger partial charge is 0.478 e. The molecule has 16 heteroatoms. The highest BCUT2D eigenvalue weighted by Crippen LogP contribution is 2.41. The van der Waals surface area contributed by atoms with E-state index in [1.165, 1.54) is 24.4 Å². The minimum absolute atomic E-state index is 0.144. The molecule has 3 aromatic heterocycles. The van der Waals surface area contributed by atoms with Gasteiger partial charge in [-0.05, 0) is 112 Å². The second-order valence-electron chi connectivity index (χ2n) is 19.6. The number of piperidine rings is 1. The van der Waals surface area contributed by atoms with E-state index in [4.69, 9.17) is 21.3 Å². The molecule has 6 heterocycles. The Morgan fingerprint density at radius 3 is 2.54 bits per heavy atom. The van der Waals surface area contributed by atoms with Crippen molar-refractivity contribution in [3.8, 4) is 17.1 Å². The topological polar surface area (TPSA) is 164 Å². The van der Waals surface area contributed by atoms with Crippen molar-refractivity contribution >= 4 is 57.8 Å². The Hall–Kier alpha value is -6.00. The van der Waals surface area contributed by atoms with Crippen LogP contribution in [0.25, 0.3) is 11.3 Å². The number of anilines is 6. The lowest BCUT2D eigenvalue weighted by atomic mass is 9.90. The zero-order valence-electron chi connectivity index (χ0n) is 39.3. The van der Waals surface area contributed by atoms with Gasteiger partial charge in [0.1, 0.15) is 11.5 Å². The van der Waals surface area contributed by atoms with Gasteiger partial charge in [-0.25, -0.2) is 15.0 Å². The van der Waals surface area contributed by atoms with Crippen LogP contribution in [0.1, 0.15) is 80.3 Å². The summed E-state index contributed by atoms with van der Waals surface area (Å²) in [4.78, 5) is 50.1. The molecule has 0 bridgehead atoms. The maximum absolute atomic E-state index is 14.0. The van der Waals surface area contributed by atoms with Gasteiger partial charge in [-0.2, -0.15) is 0 Å². The normalized spacial score (nSPS) is 18.7. The molecule has 2 amide bonds. The molecule has 1 atom stereocenters. The number of amides is 2. The van der Waals surface area contributed by atoms with Crippen molar-refractivity contribution in [2.24, 2.45) is 5.41 Å². The average molecular weight is 930 g/mol. The van der Waals surface area contributed by atoms with Crippen LogP contribution >= 0.6 is 11.6 Å². The van der Waals surface area contributed by atoms with Crippen LogP contribution in [0, 0.1) is 5.41 Å². The zero-order chi connectivity index (χ0) is 47.4. The molecule has 4 aliphatic rings. The molecule has 4 N–H and O–H groups in total. The van der Waals surface area contributed by atoms with E-state index in [9.17, 15) is 19.8 Å². The van der Waals surface area contributed by atoms with Crippen molar-refractivity contribution in [1.29, 1.82) is 0 Å². The molecule has 5 aromatic rings. The van der Waals surface area contributed by atoms with E-state index in [1.807, 2.05) is 42.5 Å². The number of carbonyl (C=O) groups is 2. The number of nitrogens with one attached hydrogen (secondary N) is 2. The molecule has 0 radical (unpaired) electrons. The van der Waals surface area contributed by atoms with Crippen molar-refractivity contribution in [2.45, 2.75) is 91.1 Å². The summed E-state index contributed by atoms with van der Waals surface area (Å²) in [7, 11) is 1.52. The Morgan fingerprint density at radius 2 is 1.82 bits per heavy atom. The SMILES string of the molecule is C=CC(=O)Nc1cc(Nc2nc(-c3ccnc(N4CCn5c(cc6c5CC(C)(C)C6)C4=O)c3CO)cnc2OC)ccc1N1CCN(C2CCN(c3ccc(Cl)c(C(C)(C)O)c3)CC2)C[C@@H]1C. The van der Waals surface area contributed by atoms with E-state index in [1.54, 1.807) is 37.2 Å². The molecule has 0 unspecified atom stereocenters. The number of carbonyl (C=O) groups excluding carboxylic acids is 2. The molecule has 0 saturated carbocycles. The number of rotatable bonds is 12. The van der Waals surface area contributed by atoms with Crippen molar-refractivity contribution in [3.05, 3.63) is 107 Å². The van der Waals surface area contributed by atoms with E-state index in [0.717, 1.165) is 75.3 Å². The highest BCUT2D eigenvalue weighted by atomic mass is 35.5. The monoisotopic (exact) mass is 928 g/mol. The molecular weight excluding hydrogens is 868 g/mol. The second kappa shape index (κ2) is 18.2. The molecule has 2 saturated heterocycles. The van der Waals surface area contributed by atoms with E-state index < -0.39 is 5.60 Å². The lowest BCUT2D eigenvalue weighted by Crippen LogP contribution is -2.57. The number of nitrogens with zero attached hydrogens (tertiary/aromatic N) is 8. The van der Waals surface area contributed by atoms with Crippen LogP contribution in [0.2, 0.25) is 5.02 Å². The summed E-state index contributed by atoms with van der Waals surface area (Å²) in [6.07, 6.45) is 8.39. The van der Waals surface area contributed by atoms with Gasteiger partial charge in [0, 0.05) is 103 Å². The van der Waals surface area contributed by atoms with Crippen molar-refractivity contribution in [3.63, 3.8) is 0 Å². The Morgan fingerprint density at radius 1 is 1.03 bits per heavy atom. The number of benzene rings is 2. The number of aromatic nitrogens is 4. The van der Waals surface area contributed by atoms with Crippen LogP contribution in [-0.4, -0.2) is 105 Å². The number of ether oxygens (including phenoxy) is 1. The summed E-state index contributed by atoms with van der Waals surface area (Å²) in [6, 6.07) is 16.2. The number of hydrogen-bond donors (Lipinski definition) is 4. The first-order valence-electron chi connectivity index (χ1n) is 23.2. The standard InChI is InChI=1S/C51H61ClN10O5/c1-8-45(64)56-40-24-33(9-12-42(40)60-20-19-59(29-31(60)2)34-14-17-58(18-15-34)35-10-11-39(52)38(25-35)51(5,6)66)55-46-48(67-7)54-28-41(57-46)36-13-16-53-47(37(36)30-63)62-22-21-61-43(49(62)65)23-32-26-50(3,4)27-44(32)61/h8-13,16,23-25,28,31,34,63,66H,1,14-15,17-22,26-27,29-30H2,2-7H3,(H,55,57)(H,56,64)/t31-/m0/s1. The van der Waals surface area contributed by atoms with Gasteiger partial charge in [-0.15, -0.1) is 0 Å². The first-order valence-corrected chi connectivity index (χ1v) is 23.6. The fraction of sp³-hybridized carbons (Fsp3) is 0.431. The lowest BCUT2D eigenvalue weighted by Gasteiger charge is -2.47. The van der Waals surface area contributed by atoms with Crippen LogP contribution in [0.3, 0.4) is 0 Å². The third kappa shape index (κ3) is 9.09. The van der Waals surface area contributed by atoms with E-state index in [2.05, 4.69) is 67.2 Å². The fourth-order valence-corrected chi connectivity index (χ4v) is 10.9. The highest BCUT2D eigenvalue weighted by molar-refractivity contribution is 6.31. The summed E-state index contributed by atoms with van der Waals surface area (Å²) in [5.41, 5.74) is 7.73. The van der Waals surface area contributed by atoms with E-state index in [0.29, 0.717) is 69.7 Å². The Balaban J connectivity index is 0.913. The number of hydrogen-bond acceptors (Lipinski definition) is 12. The Kier molecular flexibility index (Phi) is 12.6. The molecular formula is C51H61ClN10O5. The van der Waals surface area contributed by atoms with Crippen molar-refractivity contribution in [2.75, 3.05) is 71.7 Å². The fourth-order valence-electron chi connectivity index (χ4n) is 10.6. The third-order valence-corrected chi connectivity index (χ3v) is 14.2. The number of aliphatic hydroxyl groups excluding tert-OH is 1. The molecule has 0 spiro atoms. The maximum atomic E-state index is 14.0. The number of methoxy groups -OCH3 is 1. The van der Waals surface area contributed by atoms with Crippen LogP contribution in [0.15, 0.2) is 73.6 Å². The molecule has 3 aliphatic heterocycles. The quantitative estimate of drug-likeness (QED) is 0.0910. The van der Waals surface area contributed by atoms with Crippen LogP contribution in [-0.2, 0) is 36.4 Å². The molecule has 1 aliphatic carbocycles. The number of halogens is 1. The summed E-state index contributed by atoms with van der Waals surface area (Å²) in [5, 5.41) is 28.5. The highest BCUT2D eigenvalue weighted by Gasteiger charge is 2.38. The first kappa shape index (κ1) is 46.1. The van der Waals surface area contributed by atoms with Crippen molar-refractivity contribution < 1.29 is 24.5 Å². The number of fused-ring (bicyclic) bond motifs is 3. The minimum atomic E-state index is -1.02. The summed E-state index contributed by atoms with van der Waals surface area (Å²) >= 11 is 6.44.